The van der Waals surface area contributed by atoms with E-state index in [1.165, 1.54) is 11.4 Å². The number of nitrogens with zero attached hydrogens (tertiary/aromatic N) is 1. The van der Waals surface area contributed by atoms with Crippen molar-refractivity contribution in [2.75, 3.05) is 39.2 Å². The Morgan fingerprint density at radius 1 is 1.30 bits per heavy atom. The number of nitrogens with one attached hydrogen (secondary N) is 1. The largest absolute Gasteiger partial charge is 0.598 e. The molecule has 0 bridgehead atoms. The van der Waals surface area contributed by atoms with E-state index in [4.69, 9.17) is 32.7 Å². The van der Waals surface area contributed by atoms with Crippen LogP contribution < -0.4 is 9.46 Å². The van der Waals surface area contributed by atoms with Crippen molar-refractivity contribution in [3.63, 3.8) is 0 Å². The summed E-state index contributed by atoms with van der Waals surface area (Å²) in [4.78, 5) is 0. The number of halogens is 2. The molecule has 2 rings (SSSR count). The molecule has 0 spiro atoms. The number of ether oxygens (including phenoxy) is 2. The third-order valence-electron chi connectivity index (χ3n) is 5.44. The van der Waals surface area contributed by atoms with Crippen molar-refractivity contribution in [2.45, 2.75) is 44.4 Å². The number of piperidine rings is 1. The van der Waals surface area contributed by atoms with Gasteiger partial charge in [-0.25, -0.2) is 12.7 Å². The fourth-order valence-electron chi connectivity index (χ4n) is 3.57. The fraction of sp³-hybridized carbons (Fsp3) is 0.636. The van der Waals surface area contributed by atoms with E-state index in [1.807, 2.05) is 20.8 Å². The molecule has 1 aliphatic heterocycles. The lowest BCUT2D eigenvalue weighted by Gasteiger charge is -2.37. The monoisotopic (exact) mass is 540 g/mol. The van der Waals surface area contributed by atoms with Gasteiger partial charge in [-0.2, -0.15) is 0 Å². The number of sulfonamides is 1. The van der Waals surface area contributed by atoms with Crippen LogP contribution in [0.4, 0.5) is 0 Å². The number of methoxy groups -OCH3 is 1. The predicted molar refractivity (Wildman–Crippen MR) is 136 cm³/mol. The van der Waals surface area contributed by atoms with E-state index in [0.717, 1.165) is 5.56 Å². The molecule has 0 saturated carbocycles. The molecule has 1 heterocycles. The average Bonchev–Trinajstić information content (AvgIpc) is 2.76. The van der Waals surface area contributed by atoms with Gasteiger partial charge in [0, 0.05) is 43.2 Å². The Bertz CT molecular complexity index is 901. The molecule has 0 amide bonds. The fourth-order valence-corrected chi connectivity index (χ4v) is 6.20. The summed E-state index contributed by atoms with van der Waals surface area (Å²) < 4.78 is 53.3. The van der Waals surface area contributed by atoms with Crippen molar-refractivity contribution in [1.82, 2.24) is 9.03 Å². The van der Waals surface area contributed by atoms with Crippen LogP contribution in [0.1, 0.15) is 45.2 Å². The highest BCUT2D eigenvalue weighted by Crippen LogP contribution is 2.41. The molecule has 33 heavy (non-hydrogen) atoms. The Labute approximate surface area is 211 Å². The Morgan fingerprint density at radius 3 is 2.45 bits per heavy atom. The summed E-state index contributed by atoms with van der Waals surface area (Å²) in [6, 6.07) is 3.02. The van der Waals surface area contributed by atoms with Crippen molar-refractivity contribution >= 4 is 44.6 Å². The molecule has 7 nitrogen and oxygen atoms in total. The predicted octanol–water partition coefficient (Wildman–Crippen LogP) is 4.34. The van der Waals surface area contributed by atoms with Crippen molar-refractivity contribution in [3.8, 4) is 5.75 Å². The first-order valence-electron chi connectivity index (χ1n) is 10.8. The van der Waals surface area contributed by atoms with Gasteiger partial charge in [-0.05, 0) is 45.6 Å². The maximum absolute atomic E-state index is 13.1. The third-order valence-corrected chi connectivity index (χ3v) is 9.58. The van der Waals surface area contributed by atoms with Gasteiger partial charge in [-0.1, -0.05) is 35.9 Å². The van der Waals surface area contributed by atoms with E-state index in [-0.39, 0.29) is 30.9 Å². The first-order chi connectivity index (χ1) is 15.4. The van der Waals surface area contributed by atoms with E-state index in [0.29, 0.717) is 41.7 Å². The van der Waals surface area contributed by atoms with Crippen molar-refractivity contribution in [2.24, 2.45) is 5.92 Å². The second kappa shape index (κ2) is 12.4. The molecule has 0 radical (unpaired) electrons. The lowest BCUT2D eigenvalue weighted by atomic mass is 9.86. The van der Waals surface area contributed by atoms with Crippen LogP contribution in [0.25, 0.3) is 0 Å². The minimum Gasteiger partial charge on any atom is -0.598 e. The van der Waals surface area contributed by atoms with Crippen LogP contribution in [0.15, 0.2) is 24.8 Å². The number of rotatable bonds is 11. The lowest BCUT2D eigenvalue weighted by Crippen LogP contribution is -2.47. The summed E-state index contributed by atoms with van der Waals surface area (Å²) in [5.41, 5.74) is 0.740. The van der Waals surface area contributed by atoms with Crippen LogP contribution in [-0.4, -0.2) is 61.2 Å². The standard InChI is InChI=1S/C22H34Cl2N2O5S2/c1-6-11-31-20-15-19(24)18(23)14-17(20)21(25-32(27)22(2,3)4)16-7-9-26(10-8-16)33(28,29)13-12-30-5/h6,14-16,21,25H,1,7-13H2,2-5H3. The molecule has 1 fully saturated rings. The Balaban J connectivity index is 2.35. The van der Waals surface area contributed by atoms with Gasteiger partial charge in [-0.3, -0.25) is 0 Å². The lowest BCUT2D eigenvalue weighted by molar-refractivity contribution is 0.209. The molecule has 1 aromatic rings. The van der Waals surface area contributed by atoms with E-state index >= 15 is 0 Å². The summed E-state index contributed by atoms with van der Waals surface area (Å²) in [5.74, 6) is 0.493. The normalized spacial score (nSPS) is 18.2. The second-order valence-electron chi connectivity index (χ2n) is 8.93. The molecular formula is C22H34Cl2N2O5S2. The van der Waals surface area contributed by atoms with Crippen LogP contribution in [0, 0.1) is 5.92 Å². The third kappa shape index (κ3) is 8.00. The number of benzene rings is 1. The van der Waals surface area contributed by atoms with E-state index < -0.39 is 26.1 Å². The average molecular weight is 542 g/mol. The summed E-state index contributed by atoms with van der Waals surface area (Å²) in [6.07, 6.45) is 2.81. The molecule has 1 aliphatic rings. The minimum atomic E-state index is -3.38. The van der Waals surface area contributed by atoms with Crippen molar-refractivity contribution < 1.29 is 22.4 Å². The molecule has 0 aliphatic carbocycles. The Hall–Kier alpha value is -0.520. The zero-order valence-corrected chi connectivity index (χ0v) is 22.7. The van der Waals surface area contributed by atoms with Gasteiger partial charge in [0.25, 0.3) is 0 Å². The molecule has 2 unspecified atom stereocenters. The quantitative estimate of drug-likeness (QED) is 0.331. The maximum atomic E-state index is 13.1. The van der Waals surface area contributed by atoms with E-state index in [1.54, 1.807) is 18.2 Å². The van der Waals surface area contributed by atoms with Gasteiger partial charge < -0.3 is 14.0 Å². The van der Waals surface area contributed by atoms with E-state index in [9.17, 15) is 13.0 Å². The molecule has 1 aromatic carbocycles. The molecule has 188 valence electrons. The number of hydrogen-bond acceptors (Lipinski definition) is 6. The smallest absolute Gasteiger partial charge is 0.216 e. The molecule has 1 N–H and O–H groups in total. The Morgan fingerprint density at radius 2 is 1.91 bits per heavy atom. The summed E-state index contributed by atoms with van der Waals surface area (Å²) >= 11 is 11.2. The van der Waals surface area contributed by atoms with Crippen LogP contribution in [0.5, 0.6) is 5.75 Å². The Kier molecular flexibility index (Phi) is 10.8. The SMILES string of the molecule is C=CCOc1cc(Cl)c(Cl)cc1C(N[S+]([O-])C(C)(C)C)C1CCN(S(=O)(=O)CCOC)CC1. The van der Waals surface area contributed by atoms with Gasteiger partial charge in [0.1, 0.15) is 17.1 Å². The van der Waals surface area contributed by atoms with Gasteiger partial charge in [-0.15, -0.1) is 4.72 Å². The van der Waals surface area contributed by atoms with Gasteiger partial charge in [0.05, 0.1) is 28.4 Å². The maximum Gasteiger partial charge on any atom is 0.216 e. The molecule has 0 aromatic heterocycles. The van der Waals surface area contributed by atoms with Gasteiger partial charge in [0.15, 0.2) is 0 Å². The highest BCUT2D eigenvalue weighted by atomic mass is 35.5. The summed E-state index contributed by atoms with van der Waals surface area (Å²) in [6.45, 7) is 10.6. The van der Waals surface area contributed by atoms with Crippen LogP contribution in [-0.2, 0) is 26.1 Å². The summed E-state index contributed by atoms with van der Waals surface area (Å²) in [5, 5.41) is 0.722. The van der Waals surface area contributed by atoms with Crippen LogP contribution >= 0.6 is 23.2 Å². The minimum absolute atomic E-state index is 0.00787. The summed E-state index contributed by atoms with van der Waals surface area (Å²) in [7, 11) is -1.90. The van der Waals surface area contributed by atoms with Crippen LogP contribution in [0.2, 0.25) is 10.0 Å². The number of hydrogen-bond donors (Lipinski definition) is 1. The highest BCUT2D eigenvalue weighted by molar-refractivity contribution is 7.90. The molecule has 2 atom stereocenters. The van der Waals surface area contributed by atoms with Gasteiger partial charge >= 0.3 is 0 Å². The van der Waals surface area contributed by atoms with Crippen molar-refractivity contribution in [3.05, 3.63) is 40.4 Å². The zero-order chi connectivity index (χ0) is 24.8. The first-order valence-corrected chi connectivity index (χ1v) is 14.3. The highest BCUT2D eigenvalue weighted by Gasteiger charge is 2.38. The molecule has 1 saturated heterocycles. The molecular weight excluding hydrogens is 507 g/mol. The van der Waals surface area contributed by atoms with E-state index in [2.05, 4.69) is 11.3 Å². The van der Waals surface area contributed by atoms with Crippen molar-refractivity contribution in [1.29, 1.82) is 0 Å². The zero-order valence-electron chi connectivity index (χ0n) is 19.6. The first kappa shape index (κ1) is 28.7. The topological polar surface area (TPSA) is 90.9 Å². The van der Waals surface area contributed by atoms with Crippen LogP contribution in [0.3, 0.4) is 0 Å². The second-order valence-corrected chi connectivity index (χ2v) is 13.8. The van der Waals surface area contributed by atoms with Gasteiger partial charge in [0.2, 0.25) is 10.0 Å². The molecule has 11 heteroatoms.